The highest BCUT2D eigenvalue weighted by molar-refractivity contribution is 7.92. The van der Waals surface area contributed by atoms with Gasteiger partial charge in [0.25, 0.3) is 10.0 Å². The van der Waals surface area contributed by atoms with E-state index in [1.807, 2.05) is 13.0 Å². The molecule has 1 heterocycles. The fourth-order valence-electron chi connectivity index (χ4n) is 3.57. The molecule has 1 aliphatic heterocycles. The second-order valence-corrected chi connectivity index (χ2v) is 9.51. The van der Waals surface area contributed by atoms with E-state index in [1.54, 1.807) is 30.3 Å². The number of methoxy groups -OCH3 is 1. The molecule has 1 aliphatic rings. The highest BCUT2D eigenvalue weighted by atomic mass is 32.2. The Bertz CT molecular complexity index is 971. The molecule has 30 heavy (non-hydrogen) atoms. The third-order valence-corrected chi connectivity index (χ3v) is 7.08. The monoisotopic (exact) mass is 431 g/mol. The van der Waals surface area contributed by atoms with Gasteiger partial charge in [-0.3, -0.25) is 9.10 Å². The van der Waals surface area contributed by atoms with Crippen molar-refractivity contribution in [3.8, 4) is 5.75 Å². The van der Waals surface area contributed by atoms with E-state index < -0.39 is 10.0 Å². The van der Waals surface area contributed by atoms with E-state index in [1.165, 1.54) is 19.2 Å². The number of carbonyl (C=O) groups is 1. The van der Waals surface area contributed by atoms with Crippen LogP contribution in [0.3, 0.4) is 0 Å². The van der Waals surface area contributed by atoms with Gasteiger partial charge in [-0.1, -0.05) is 24.3 Å². The molecule has 0 aromatic heterocycles. The number of likely N-dealkylation sites (tertiary alicyclic amines) is 1. The summed E-state index contributed by atoms with van der Waals surface area (Å²) in [5.41, 5.74) is 1.22. The summed E-state index contributed by atoms with van der Waals surface area (Å²) in [7, 11) is -0.426. The first-order valence-electron chi connectivity index (χ1n) is 10.0. The fourth-order valence-corrected chi connectivity index (χ4v) is 5.02. The van der Waals surface area contributed by atoms with Crippen LogP contribution in [-0.2, 0) is 14.8 Å². The molecule has 1 fully saturated rings. The first-order valence-corrected chi connectivity index (χ1v) is 11.5. The van der Waals surface area contributed by atoms with Crippen LogP contribution in [0, 0.1) is 6.92 Å². The maximum atomic E-state index is 13.5. The largest absolute Gasteiger partial charge is 0.495 e. The number of hydrogen-bond acceptors (Lipinski definition) is 5. The van der Waals surface area contributed by atoms with E-state index in [4.69, 9.17) is 4.74 Å². The number of ether oxygens (including phenoxy) is 1. The number of carbonyl (C=O) groups excluding carboxylic acids is 1. The van der Waals surface area contributed by atoms with Gasteiger partial charge in [-0.15, -0.1) is 0 Å². The van der Waals surface area contributed by atoms with Gasteiger partial charge in [0, 0.05) is 6.04 Å². The highest BCUT2D eigenvalue weighted by Crippen LogP contribution is 2.33. The molecule has 1 amide bonds. The summed E-state index contributed by atoms with van der Waals surface area (Å²) in [6.45, 7) is 3.36. The molecule has 1 N–H and O–H groups in total. The van der Waals surface area contributed by atoms with Crippen molar-refractivity contribution in [3.63, 3.8) is 0 Å². The lowest BCUT2D eigenvalue weighted by molar-refractivity contribution is -0.120. The van der Waals surface area contributed by atoms with Crippen LogP contribution in [0.2, 0.25) is 0 Å². The number of nitrogens with one attached hydrogen (secondary N) is 1. The zero-order chi connectivity index (χ0) is 21.7. The normalized spacial score (nSPS) is 15.6. The molecule has 0 radical (unpaired) electrons. The molecule has 8 heteroatoms. The Kier molecular flexibility index (Phi) is 6.99. The minimum atomic E-state index is -3.96. The van der Waals surface area contributed by atoms with Crippen LogP contribution < -0.4 is 14.4 Å². The van der Waals surface area contributed by atoms with Gasteiger partial charge in [-0.25, -0.2) is 8.42 Å². The minimum absolute atomic E-state index is 0.0504. The van der Waals surface area contributed by atoms with Crippen molar-refractivity contribution in [2.75, 3.05) is 38.1 Å². The number of sulfonamides is 1. The summed E-state index contributed by atoms with van der Waals surface area (Å²) in [5.74, 6) is 0.0693. The van der Waals surface area contributed by atoms with E-state index in [9.17, 15) is 13.2 Å². The number of aryl methyl sites for hydroxylation is 1. The third-order valence-electron chi connectivity index (χ3n) is 5.31. The third kappa shape index (κ3) is 5.12. The molecule has 0 saturated carbocycles. The van der Waals surface area contributed by atoms with Crippen LogP contribution in [0.5, 0.6) is 5.75 Å². The minimum Gasteiger partial charge on any atom is -0.495 e. The number of nitrogens with zero attached hydrogens (tertiary/aromatic N) is 2. The number of piperidine rings is 1. The molecule has 0 spiro atoms. The molecule has 3 rings (SSSR count). The van der Waals surface area contributed by atoms with E-state index in [0.29, 0.717) is 11.4 Å². The Balaban J connectivity index is 1.92. The summed E-state index contributed by atoms with van der Waals surface area (Å²) in [6, 6.07) is 13.5. The van der Waals surface area contributed by atoms with Crippen LogP contribution in [0.4, 0.5) is 5.69 Å². The van der Waals surface area contributed by atoms with E-state index in [-0.39, 0.29) is 23.4 Å². The fraction of sp³-hybridized carbons (Fsp3) is 0.409. The van der Waals surface area contributed by atoms with Crippen LogP contribution in [0.15, 0.2) is 53.4 Å². The average Bonchev–Trinajstić information content (AvgIpc) is 2.74. The highest BCUT2D eigenvalue weighted by Gasteiger charge is 2.30. The maximum absolute atomic E-state index is 13.5. The Labute approximate surface area is 178 Å². The van der Waals surface area contributed by atoms with Crippen molar-refractivity contribution in [3.05, 3.63) is 54.1 Å². The summed E-state index contributed by atoms with van der Waals surface area (Å²) in [5, 5.41) is 3.00. The van der Waals surface area contributed by atoms with Gasteiger partial charge in [0.1, 0.15) is 12.3 Å². The predicted octanol–water partition coefficient (Wildman–Crippen LogP) is 2.41. The Morgan fingerprint density at radius 1 is 1.17 bits per heavy atom. The molecule has 2 aromatic carbocycles. The van der Waals surface area contributed by atoms with Gasteiger partial charge in [0.15, 0.2) is 0 Å². The Hall–Kier alpha value is -2.58. The number of hydrogen-bond donors (Lipinski definition) is 1. The molecule has 0 atom stereocenters. The maximum Gasteiger partial charge on any atom is 0.264 e. The number of anilines is 1. The van der Waals surface area contributed by atoms with Crippen LogP contribution >= 0.6 is 0 Å². The first kappa shape index (κ1) is 22.1. The smallest absolute Gasteiger partial charge is 0.264 e. The van der Waals surface area contributed by atoms with E-state index in [2.05, 4.69) is 17.3 Å². The van der Waals surface area contributed by atoms with Gasteiger partial charge >= 0.3 is 0 Å². The predicted molar refractivity (Wildman–Crippen MR) is 117 cm³/mol. The first-order chi connectivity index (χ1) is 14.3. The van der Waals surface area contributed by atoms with Crippen LogP contribution in [0.1, 0.15) is 18.4 Å². The Morgan fingerprint density at radius 2 is 1.83 bits per heavy atom. The van der Waals surface area contributed by atoms with Crippen LogP contribution in [-0.4, -0.2) is 59.1 Å². The van der Waals surface area contributed by atoms with Crippen molar-refractivity contribution in [1.82, 2.24) is 10.2 Å². The molecule has 0 aliphatic carbocycles. The van der Waals surface area contributed by atoms with Crippen molar-refractivity contribution in [2.24, 2.45) is 0 Å². The molecule has 7 nitrogen and oxygen atoms in total. The zero-order valence-corrected chi connectivity index (χ0v) is 18.5. The number of amides is 1. The van der Waals surface area contributed by atoms with Gasteiger partial charge in [0.05, 0.1) is 17.7 Å². The summed E-state index contributed by atoms with van der Waals surface area (Å²) in [6.07, 6.45) is 1.70. The molecule has 0 unspecified atom stereocenters. The molecule has 1 saturated heterocycles. The number of rotatable bonds is 7. The SMILES string of the molecule is COc1ccc(C)cc1N(CC(=O)NC1CCN(C)CC1)S(=O)(=O)c1ccccc1. The lowest BCUT2D eigenvalue weighted by Crippen LogP contribution is -2.47. The lowest BCUT2D eigenvalue weighted by atomic mass is 10.1. The quantitative estimate of drug-likeness (QED) is 0.728. The van der Waals surface area contributed by atoms with Crippen LogP contribution in [0.25, 0.3) is 0 Å². The molecule has 162 valence electrons. The zero-order valence-electron chi connectivity index (χ0n) is 17.7. The second-order valence-electron chi connectivity index (χ2n) is 7.65. The molecule has 2 aromatic rings. The van der Waals surface area contributed by atoms with E-state index in [0.717, 1.165) is 35.8 Å². The van der Waals surface area contributed by atoms with Gasteiger partial charge in [-0.05, 0) is 69.7 Å². The van der Waals surface area contributed by atoms with E-state index >= 15 is 0 Å². The molecular formula is C22H29N3O4S. The summed E-state index contributed by atoms with van der Waals surface area (Å²) in [4.78, 5) is 15.2. The topological polar surface area (TPSA) is 79.0 Å². The second kappa shape index (κ2) is 9.49. The van der Waals surface area contributed by atoms with Crippen molar-refractivity contribution < 1.29 is 17.9 Å². The van der Waals surface area contributed by atoms with Crippen molar-refractivity contribution in [1.29, 1.82) is 0 Å². The Morgan fingerprint density at radius 3 is 2.47 bits per heavy atom. The van der Waals surface area contributed by atoms with Crippen molar-refractivity contribution in [2.45, 2.75) is 30.7 Å². The molecular weight excluding hydrogens is 402 g/mol. The van der Waals surface area contributed by atoms with Crippen molar-refractivity contribution >= 4 is 21.6 Å². The standard InChI is InChI=1S/C22H29N3O4S/c1-17-9-10-21(29-3)20(15-17)25(30(27,28)19-7-5-4-6-8-19)16-22(26)23-18-11-13-24(2)14-12-18/h4-10,15,18H,11-14,16H2,1-3H3,(H,23,26). The summed E-state index contributed by atoms with van der Waals surface area (Å²) >= 11 is 0. The van der Waals surface area contributed by atoms with Gasteiger partial charge in [-0.2, -0.15) is 0 Å². The lowest BCUT2D eigenvalue weighted by Gasteiger charge is -2.31. The van der Waals surface area contributed by atoms with Gasteiger partial charge in [0.2, 0.25) is 5.91 Å². The molecule has 0 bridgehead atoms. The summed E-state index contributed by atoms with van der Waals surface area (Å²) < 4.78 is 33.5. The van der Waals surface area contributed by atoms with Gasteiger partial charge < -0.3 is 15.0 Å². The number of benzene rings is 2. The average molecular weight is 432 g/mol.